The van der Waals surface area contributed by atoms with E-state index < -0.39 is 24.8 Å². The summed E-state index contributed by atoms with van der Waals surface area (Å²) < 4.78 is 58.2. The molecular formula is C13H23NO9S2. The number of hydrogen-bond acceptors (Lipinski definition) is 8. The first-order chi connectivity index (χ1) is 11.6. The van der Waals surface area contributed by atoms with Crippen LogP contribution in [0.4, 0.5) is 0 Å². The molecule has 0 aliphatic heterocycles. The van der Waals surface area contributed by atoms with Crippen LogP contribution in [0.5, 0.6) is 0 Å². The van der Waals surface area contributed by atoms with Crippen LogP contribution >= 0.6 is 0 Å². The molecule has 0 aliphatic carbocycles. The number of rotatable bonds is 9. The largest absolute Gasteiger partial charge is 0.395 e. The normalized spacial score (nSPS) is 12.1. The highest BCUT2D eigenvalue weighted by Gasteiger charge is 2.36. The van der Waals surface area contributed by atoms with Gasteiger partial charge in [-0.25, -0.2) is 0 Å². The quantitative estimate of drug-likeness (QED) is 0.314. The maximum atomic E-state index is 10.8. The van der Waals surface area contributed by atoms with Crippen LogP contribution in [-0.2, 0) is 20.2 Å². The second kappa shape index (κ2) is 11.5. The van der Waals surface area contributed by atoms with E-state index in [-0.39, 0.29) is 25.4 Å². The molecular weight excluding hydrogens is 378 g/mol. The van der Waals surface area contributed by atoms with Crippen molar-refractivity contribution in [3.63, 3.8) is 0 Å². The second-order valence-corrected chi connectivity index (χ2v) is 8.09. The van der Waals surface area contributed by atoms with Gasteiger partial charge in [0.15, 0.2) is 0 Å². The molecule has 0 spiro atoms. The summed E-state index contributed by atoms with van der Waals surface area (Å²) in [6, 6.07) is 6.66. The number of aliphatic hydroxyl groups is 3. The molecule has 0 aliphatic rings. The Kier molecular flexibility index (Phi) is 11.0. The van der Waals surface area contributed by atoms with Crippen molar-refractivity contribution in [2.45, 2.75) is 4.58 Å². The predicted molar refractivity (Wildman–Crippen MR) is 90.0 cm³/mol. The fraction of sp³-hybridized carbons (Fsp3) is 0.538. The summed E-state index contributed by atoms with van der Waals surface area (Å²) in [5.74, 6) is 0. The van der Waals surface area contributed by atoms with Crippen LogP contribution in [0.1, 0.15) is 10.1 Å². The van der Waals surface area contributed by atoms with Gasteiger partial charge in [0.2, 0.25) is 4.58 Å². The van der Waals surface area contributed by atoms with Gasteiger partial charge in [0.05, 0.1) is 19.8 Å². The number of benzene rings is 1. The number of nitrogens with zero attached hydrogens (tertiary/aromatic N) is 1. The second-order valence-electron chi connectivity index (χ2n) is 4.79. The van der Waals surface area contributed by atoms with Crippen LogP contribution < -0.4 is 0 Å². The molecule has 1 rings (SSSR count). The first kappa shape index (κ1) is 23.9. The van der Waals surface area contributed by atoms with E-state index in [1.807, 2.05) is 0 Å². The third kappa shape index (κ3) is 9.81. The maximum Gasteiger partial charge on any atom is 0.289 e. The summed E-state index contributed by atoms with van der Waals surface area (Å²) in [6.07, 6.45) is 0. The molecule has 0 amide bonds. The molecule has 0 radical (unpaired) electrons. The summed E-state index contributed by atoms with van der Waals surface area (Å²) in [4.78, 5) is 1.79. The molecule has 0 unspecified atom stereocenters. The zero-order valence-corrected chi connectivity index (χ0v) is 15.0. The predicted octanol–water partition coefficient (Wildman–Crippen LogP) is -1.27. The Morgan fingerprint density at radius 3 is 1.40 bits per heavy atom. The smallest absolute Gasteiger partial charge is 0.289 e. The van der Waals surface area contributed by atoms with E-state index in [1.165, 1.54) is 30.3 Å². The molecule has 12 heteroatoms. The first-order valence-electron chi connectivity index (χ1n) is 7.10. The molecule has 1 aromatic carbocycles. The monoisotopic (exact) mass is 401 g/mol. The standard InChI is InChI=1S/C7H8O6S2.C6H15NO3/c8-14(9,10)7(15(11,12)13)6-4-2-1-3-5-6;8-4-1-7(2-5-9)3-6-10/h1-5,7H,(H,8,9,10)(H,11,12,13);8-10H,1-6H2. The molecule has 1 aromatic rings. The molecule has 0 heterocycles. The van der Waals surface area contributed by atoms with Crippen molar-refractivity contribution < 1.29 is 41.3 Å². The van der Waals surface area contributed by atoms with Crippen molar-refractivity contribution in [1.29, 1.82) is 0 Å². The lowest BCUT2D eigenvalue weighted by molar-refractivity contribution is 0.136. The molecule has 10 nitrogen and oxygen atoms in total. The van der Waals surface area contributed by atoms with E-state index in [4.69, 9.17) is 24.4 Å². The summed E-state index contributed by atoms with van der Waals surface area (Å²) in [5.41, 5.74) is -0.220. The van der Waals surface area contributed by atoms with Gasteiger partial charge in [-0.15, -0.1) is 0 Å². The Bertz CT molecular complexity index is 630. The zero-order valence-electron chi connectivity index (χ0n) is 13.3. The Morgan fingerprint density at radius 2 is 1.12 bits per heavy atom. The highest BCUT2D eigenvalue weighted by Crippen LogP contribution is 2.26. The highest BCUT2D eigenvalue weighted by molar-refractivity contribution is 8.03. The van der Waals surface area contributed by atoms with E-state index in [1.54, 1.807) is 4.90 Å². The average Bonchev–Trinajstić information content (AvgIpc) is 2.47. The Labute approximate surface area is 146 Å². The molecule has 0 bridgehead atoms. The molecule has 0 fully saturated rings. The fourth-order valence-electron chi connectivity index (χ4n) is 1.87. The third-order valence-corrected chi connectivity index (χ3v) is 5.95. The van der Waals surface area contributed by atoms with Gasteiger partial charge in [0.25, 0.3) is 20.2 Å². The van der Waals surface area contributed by atoms with E-state index in [2.05, 4.69) is 0 Å². The lowest BCUT2D eigenvalue weighted by atomic mass is 10.2. The molecule has 0 aromatic heterocycles. The summed E-state index contributed by atoms with van der Waals surface area (Å²) in [5, 5.41) is 25.5. The maximum absolute atomic E-state index is 10.8. The van der Waals surface area contributed by atoms with Gasteiger partial charge in [-0.2, -0.15) is 16.8 Å². The van der Waals surface area contributed by atoms with Crippen molar-refractivity contribution in [2.24, 2.45) is 0 Å². The molecule has 0 saturated heterocycles. The Hall–Kier alpha value is -1.12. The van der Waals surface area contributed by atoms with Crippen LogP contribution in [0.25, 0.3) is 0 Å². The highest BCUT2D eigenvalue weighted by atomic mass is 32.3. The van der Waals surface area contributed by atoms with Gasteiger partial charge in [-0.05, 0) is 5.56 Å². The first-order valence-corrected chi connectivity index (χ1v) is 10.1. The van der Waals surface area contributed by atoms with Crippen molar-refractivity contribution in [2.75, 3.05) is 39.5 Å². The van der Waals surface area contributed by atoms with E-state index in [9.17, 15) is 16.8 Å². The van der Waals surface area contributed by atoms with Crippen LogP contribution in [0.15, 0.2) is 30.3 Å². The van der Waals surface area contributed by atoms with Crippen LogP contribution in [0.3, 0.4) is 0 Å². The van der Waals surface area contributed by atoms with Gasteiger partial charge >= 0.3 is 0 Å². The minimum atomic E-state index is -4.91. The van der Waals surface area contributed by atoms with E-state index >= 15 is 0 Å². The summed E-state index contributed by atoms with van der Waals surface area (Å²) in [6.45, 7) is 1.75. The number of aliphatic hydroxyl groups excluding tert-OH is 3. The lowest BCUT2D eigenvalue weighted by Gasteiger charge is -2.17. The topological polar surface area (TPSA) is 173 Å². The Balaban J connectivity index is 0.000000504. The molecule has 146 valence electrons. The minimum Gasteiger partial charge on any atom is -0.395 e. The van der Waals surface area contributed by atoms with Gasteiger partial charge in [0, 0.05) is 19.6 Å². The van der Waals surface area contributed by atoms with Crippen molar-refractivity contribution >= 4 is 20.2 Å². The van der Waals surface area contributed by atoms with Gasteiger partial charge < -0.3 is 15.3 Å². The summed E-state index contributed by atoms with van der Waals surface area (Å²) in [7, 11) is -9.83. The lowest BCUT2D eigenvalue weighted by Crippen LogP contribution is -2.32. The van der Waals surface area contributed by atoms with Gasteiger partial charge in [-0.1, -0.05) is 30.3 Å². The average molecular weight is 401 g/mol. The molecule has 0 saturated carbocycles. The molecule has 5 N–H and O–H groups in total. The van der Waals surface area contributed by atoms with Crippen LogP contribution in [-0.4, -0.2) is 85.6 Å². The fourth-order valence-corrected chi connectivity index (χ4v) is 4.10. The van der Waals surface area contributed by atoms with E-state index in [0.29, 0.717) is 19.6 Å². The minimum absolute atomic E-state index is 0.0694. The molecule has 25 heavy (non-hydrogen) atoms. The van der Waals surface area contributed by atoms with Crippen molar-refractivity contribution in [1.82, 2.24) is 4.90 Å². The van der Waals surface area contributed by atoms with Crippen molar-refractivity contribution in [3.8, 4) is 0 Å². The Morgan fingerprint density at radius 1 is 0.760 bits per heavy atom. The zero-order chi connectivity index (χ0) is 19.5. The summed E-state index contributed by atoms with van der Waals surface area (Å²) >= 11 is 0. The third-order valence-electron chi connectivity index (χ3n) is 2.86. The van der Waals surface area contributed by atoms with Gasteiger partial charge in [-0.3, -0.25) is 14.0 Å². The van der Waals surface area contributed by atoms with Crippen LogP contribution in [0.2, 0.25) is 0 Å². The van der Waals surface area contributed by atoms with E-state index in [0.717, 1.165) is 0 Å². The van der Waals surface area contributed by atoms with Gasteiger partial charge in [0.1, 0.15) is 0 Å². The van der Waals surface area contributed by atoms with Crippen LogP contribution in [0, 0.1) is 0 Å². The number of hydrogen-bond donors (Lipinski definition) is 5. The molecule has 0 atom stereocenters. The van der Waals surface area contributed by atoms with Crippen molar-refractivity contribution in [3.05, 3.63) is 35.9 Å². The SMILES string of the molecule is O=S(=O)(O)C(c1ccccc1)S(=O)(=O)O.OCCN(CCO)CCO.